The third-order valence-corrected chi connectivity index (χ3v) is 5.07. The average Bonchev–Trinajstić information content (AvgIpc) is 2.71. The van der Waals surface area contributed by atoms with Crippen LogP contribution in [0.2, 0.25) is 0 Å². The van der Waals surface area contributed by atoms with Crippen LogP contribution in [-0.4, -0.2) is 69.9 Å². The molecule has 13 heteroatoms. The molecule has 0 heterocycles. The average molecular weight is 474 g/mol. The lowest BCUT2D eigenvalue weighted by Gasteiger charge is -2.29. The molecule has 0 aliphatic carbocycles. The van der Waals surface area contributed by atoms with E-state index >= 15 is 0 Å². The predicted octanol–water partition coefficient (Wildman–Crippen LogP) is -1.70. The molecule has 33 heavy (non-hydrogen) atoms. The van der Waals surface area contributed by atoms with Crippen molar-refractivity contribution in [1.82, 2.24) is 16.0 Å². The van der Waals surface area contributed by atoms with E-state index in [2.05, 4.69) is 16.0 Å². The van der Waals surface area contributed by atoms with Crippen LogP contribution >= 0.6 is 0 Å². The van der Waals surface area contributed by atoms with Crippen molar-refractivity contribution in [1.29, 1.82) is 0 Å². The molecule has 0 fully saturated rings. The monoisotopic (exact) mass is 473 g/mol. The van der Waals surface area contributed by atoms with Crippen LogP contribution in [0.25, 0.3) is 0 Å². The van der Waals surface area contributed by atoms with Crippen LogP contribution in [0.4, 0.5) is 0 Å². The Morgan fingerprint density at radius 3 is 1.79 bits per heavy atom. The zero-order valence-electron chi connectivity index (χ0n) is 19.3. The van der Waals surface area contributed by atoms with Crippen LogP contribution in [0.1, 0.15) is 53.4 Å². The maximum absolute atomic E-state index is 13.0. The van der Waals surface area contributed by atoms with Gasteiger partial charge in [0.05, 0.1) is 12.5 Å². The van der Waals surface area contributed by atoms with E-state index < -0.39 is 72.1 Å². The van der Waals surface area contributed by atoms with Gasteiger partial charge in [0, 0.05) is 6.42 Å². The molecule has 0 aliphatic rings. The molecule has 13 nitrogen and oxygen atoms in total. The van der Waals surface area contributed by atoms with Crippen LogP contribution in [0.15, 0.2) is 0 Å². The van der Waals surface area contributed by atoms with Crippen molar-refractivity contribution in [2.45, 2.75) is 77.5 Å². The number of hydrogen-bond acceptors (Lipinski definition) is 7. The molecule has 0 saturated carbocycles. The van der Waals surface area contributed by atoms with Gasteiger partial charge in [0.25, 0.3) is 0 Å². The van der Waals surface area contributed by atoms with Crippen molar-refractivity contribution >= 4 is 35.6 Å². The number of carboxylic acid groups (broad SMARTS) is 2. The Kier molecular flexibility index (Phi) is 12.7. The van der Waals surface area contributed by atoms with Crippen molar-refractivity contribution in [2.75, 3.05) is 0 Å². The summed E-state index contributed by atoms with van der Waals surface area (Å²) in [4.78, 5) is 71.0. The van der Waals surface area contributed by atoms with Gasteiger partial charge in [-0.05, 0) is 18.3 Å². The molecule has 5 unspecified atom stereocenters. The van der Waals surface area contributed by atoms with E-state index in [4.69, 9.17) is 16.6 Å². The normalized spacial score (nSPS) is 15.5. The second-order valence-electron chi connectivity index (χ2n) is 8.21. The molecule has 0 saturated heterocycles. The molecule has 0 bridgehead atoms. The summed E-state index contributed by atoms with van der Waals surface area (Å²) >= 11 is 0. The quantitative estimate of drug-likeness (QED) is 0.143. The van der Waals surface area contributed by atoms with Gasteiger partial charge in [-0.3, -0.25) is 24.0 Å². The van der Waals surface area contributed by atoms with E-state index in [1.54, 1.807) is 27.7 Å². The number of aliphatic carboxylic acids is 2. The first-order valence-electron chi connectivity index (χ1n) is 10.6. The highest BCUT2D eigenvalue weighted by Gasteiger charge is 2.34. The lowest BCUT2D eigenvalue weighted by Crippen LogP contribution is -2.60. The lowest BCUT2D eigenvalue weighted by atomic mass is 9.96. The zero-order chi connectivity index (χ0) is 25.9. The second-order valence-corrected chi connectivity index (χ2v) is 8.21. The first-order chi connectivity index (χ1) is 15.2. The number of hydrogen-bond donors (Lipinski definition) is 7. The zero-order valence-corrected chi connectivity index (χ0v) is 19.3. The van der Waals surface area contributed by atoms with E-state index in [9.17, 15) is 33.9 Å². The van der Waals surface area contributed by atoms with E-state index in [1.807, 2.05) is 0 Å². The van der Waals surface area contributed by atoms with E-state index in [-0.39, 0.29) is 18.8 Å². The summed E-state index contributed by atoms with van der Waals surface area (Å²) in [5, 5.41) is 25.1. The Hall–Kier alpha value is -3.22. The summed E-state index contributed by atoms with van der Waals surface area (Å²) < 4.78 is 0. The Bertz CT molecular complexity index is 742. The molecule has 0 radical (unpaired) electrons. The molecule has 188 valence electrons. The molecule has 0 rings (SSSR count). The number of carboxylic acids is 2. The molecule has 0 aromatic heterocycles. The lowest BCUT2D eigenvalue weighted by molar-refractivity contribution is -0.144. The van der Waals surface area contributed by atoms with Crippen molar-refractivity contribution in [2.24, 2.45) is 23.3 Å². The molecule has 0 aliphatic heterocycles. The van der Waals surface area contributed by atoms with Gasteiger partial charge >= 0.3 is 11.9 Å². The van der Waals surface area contributed by atoms with Crippen molar-refractivity contribution in [3.8, 4) is 0 Å². The summed E-state index contributed by atoms with van der Waals surface area (Å²) in [5.74, 6) is -6.58. The highest BCUT2D eigenvalue weighted by atomic mass is 16.4. The molecule has 0 aromatic carbocycles. The van der Waals surface area contributed by atoms with Crippen LogP contribution < -0.4 is 27.4 Å². The maximum Gasteiger partial charge on any atom is 0.326 e. The van der Waals surface area contributed by atoms with E-state index in [0.717, 1.165) is 0 Å². The number of primary amides is 1. The highest BCUT2D eigenvalue weighted by molar-refractivity contribution is 5.95. The molecule has 0 spiro atoms. The van der Waals surface area contributed by atoms with Gasteiger partial charge in [-0.1, -0.05) is 34.1 Å². The van der Waals surface area contributed by atoms with Gasteiger partial charge in [-0.15, -0.1) is 0 Å². The number of rotatable bonds is 15. The fraction of sp³-hybridized carbons (Fsp3) is 0.700. The Balaban J connectivity index is 5.46. The van der Waals surface area contributed by atoms with Crippen LogP contribution in [0.5, 0.6) is 0 Å². The number of nitrogens with one attached hydrogen (secondary N) is 3. The third kappa shape index (κ3) is 10.8. The Morgan fingerprint density at radius 1 is 0.848 bits per heavy atom. The molecule has 9 N–H and O–H groups in total. The highest BCUT2D eigenvalue weighted by Crippen LogP contribution is 2.11. The largest absolute Gasteiger partial charge is 0.481 e. The summed E-state index contributed by atoms with van der Waals surface area (Å²) in [5.41, 5.74) is 10.7. The minimum Gasteiger partial charge on any atom is -0.481 e. The van der Waals surface area contributed by atoms with Crippen LogP contribution in [0, 0.1) is 11.8 Å². The first kappa shape index (κ1) is 29.8. The summed E-state index contributed by atoms with van der Waals surface area (Å²) in [6.45, 7) is 6.72. The fourth-order valence-electron chi connectivity index (χ4n) is 2.81. The number of carbonyl (C=O) groups excluding carboxylic acids is 4. The first-order valence-corrected chi connectivity index (χ1v) is 10.6. The number of carbonyl (C=O) groups is 6. The van der Waals surface area contributed by atoms with Crippen LogP contribution in [-0.2, 0) is 28.8 Å². The van der Waals surface area contributed by atoms with E-state index in [0.29, 0.717) is 6.42 Å². The van der Waals surface area contributed by atoms with Crippen molar-refractivity contribution < 1.29 is 39.0 Å². The summed E-state index contributed by atoms with van der Waals surface area (Å²) in [6, 6.07) is -4.95. The van der Waals surface area contributed by atoms with Gasteiger partial charge in [0.2, 0.25) is 23.6 Å². The van der Waals surface area contributed by atoms with Crippen molar-refractivity contribution in [3.63, 3.8) is 0 Å². The van der Waals surface area contributed by atoms with Crippen LogP contribution in [0.3, 0.4) is 0 Å². The third-order valence-electron chi connectivity index (χ3n) is 5.07. The van der Waals surface area contributed by atoms with E-state index in [1.165, 1.54) is 0 Å². The van der Waals surface area contributed by atoms with Gasteiger partial charge < -0.3 is 37.6 Å². The molecule has 5 atom stereocenters. The van der Waals surface area contributed by atoms with Gasteiger partial charge in [0.1, 0.15) is 18.1 Å². The molecule has 0 aromatic rings. The fourth-order valence-corrected chi connectivity index (χ4v) is 2.81. The number of amides is 4. The van der Waals surface area contributed by atoms with Gasteiger partial charge in [0.15, 0.2) is 0 Å². The minimum absolute atomic E-state index is 0.122. The molecular weight excluding hydrogens is 438 g/mol. The molecular formula is C20H35N5O8. The maximum atomic E-state index is 13.0. The summed E-state index contributed by atoms with van der Waals surface area (Å²) in [7, 11) is 0. The van der Waals surface area contributed by atoms with Gasteiger partial charge in [-0.25, -0.2) is 4.79 Å². The topological polar surface area (TPSA) is 231 Å². The smallest absolute Gasteiger partial charge is 0.326 e. The number of nitrogens with two attached hydrogens (primary N) is 2. The Labute approximate surface area is 192 Å². The summed E-state index contributed by atoms with van der Waals surface area (Å²) in [6.07, 6.45) is -0.579. The standard InChI is InChI=1S/C20H35N5O8/c1-5-10(4)16(25-17(29)11(21)6-7-14(27)28)19(31)24-15(9(2)3)18(30)23-12(20(32)33)8-13(22)26/h9-12,15-16H,5-8,21H2,1-4H3,(H2,22,26)(H,23,30)(H,24,31)(H,25,29)(H,27,28)(H,32,33). The molecule has 4 amide bonds. The second kappa shape index (κ2) is 14.0. The SMILES string of the molecule is CCC(C)C(NC(=O)C(N)CCC(=O)O)C(=O)NC(C(=O)NC(CC(N)=O)C(=O)O)C(C)C. The predicted molar refractivity (Wildman–Crippen MR) is 116 cm³/mol. The minimum atomic E-state index is -1.56. The van der Waals surface area contributed by atoms with Crippen molar-refractivity contribution in [3.05, 3.63) is 0 Å². The Morgan fingerprint density at radius 2 is 1.36 bits per heavy atom. The van der Waals surface area contributed by atoms with Gasteiger partial charge in [-0.2, -0.15) is 0 Å².